The van der Waals surface area contributed by atoms with Gasteiger partial charge in [-0.1, -0.05) is 0 Å². The number of rotatable bonds is 4. The second-order valence-corrected chi connectivity index (χ2v) is 4.17. The Morgan fingerprint density at radius 1 is 1.75 bits per heavy atom. The molecule has 0 bridgehead atoms. The van der Waals surface area contributed by atoms with Gasteiger partial charge in [0.25, 0.3) is 0 Å². The van der Waals surface area contributed by atoms with Crippen molar-refractivity contribution in [2.45, 2.75) is 38.5 Å². The Labute approximate surface area is 94.8 Å². The van der Waals surface area contributed by atoms with Crippen LogP contribution in [0.2, 0.25) is 0 Å². The minimum atomic E-state index is -0.245. The third-order valence-corrected chi connectivity index (χ3v) is 2.65. The number of imidazole rings is 1. The van der Waals surface area contributed by atoms with Crippen molar-refractivity contribution in [1.82, 2.24) is 14.9 Å². The van der Waals surface area contributed by atoms with Gasteiger partial charge in [-0.25, -0.2) is 4.98 Å². The van der Waals surface area contributed by atoms with Crippen LogP contribution in [0.1, 0.15) is 19.8 Å². The molecule has 1 aliphatic heterocycles. The molecule has 1 aromatic rings. The van der Waals surface area contributed by atoms with Gasteiger partial charge >= 0.3 is 0 Å². The molecule has 1 amide bonds. The van der Waals surface area contributed by atoms with E-state index in [0.717, 1.165) is 19.4 Å². The number of nitrogens with zero attached hydrogens (tertiary/aromatic N) is 2. The summed E-state index contributed by atoms with van der Waals surface area (Å²) in [6, 6.07) is 0.0888. The molecular formula is C11H17N3O2. The fourth-order valence-corrected chi connectivity index (χ4v) is 1.88. The quantitative estimate of drug-likeness (QED) is 0.811. The molecule has 16 heavy (non-hydrogen) atoms. The summed E-state index contributed by atoms with van der Waals surface area (Å²) in [5.74, 6) is 0.00474. The molecule has 5 nitrogen and oxygen atoms in total. The van der Waals surface area contributed by atoms with E-state index in [1.807, 2.05) is 17.7 Å². The zero-order valence-corrected chi connectivity index (χ0v) is 9.43. The summed E-state index contributed by atoms with van der Waals surface area (Å²) in [4.78, 5) is 15.7. The minimum absolute atomic E-state index is 0.00474. The first-order chi connectivity index (χ1) is 7.75. The standard InChI is InChI=1S/C11H17N3O2/c1-9(7-14-5-4-12-8-14)13-11(15)10-3-2-6-16-10/h4-5,8-10H,2-3,6-7H2,1H3,(H,13,15)/t9-,10-/m1/s1. The lowest BCUT2D eigenvalue weighted by molar-refractivity contribution is -0.130. The molecule has 1 saturated heterocycles. The molecule has 0 radical (unpaired) electrons. The Morgan fingerprint density at radius 2 is 2.62 bits per heavy atom. The van der Waals surface area contributed by atoms with Gasteiger partial charge in [0, 0.05) is 31.6 Å². The van der Waals surface area contributed by atoms with Crippen molar-refractivity contribution in [3.63, 3.8) is 0 Å². The van der Waals surface area contributed by atoms with Crippen molar-refractivity contribution in [3.8, 4) is 0 Å². The molecule has 2 rings (SSSR count). The highest BCUT2D eigenvalue weighted by Gasteiger charge is 2.24. The monoisotopic (exact) mass is 223 g/mol. The fraction of sp³-hybridized carbons (Fsp3) is 0.636. The van der Waals surface area contributed by atoms with Crippen LogP contribution in [0.5, 0.6) is 0 Å². The summed E-state index contributed by atoms with van der Waals surface area (Å²) >= 11 is 0. The number of ether oxygens (including phenoxy) is 1. The van der Waals surface area contributed by atoms with Crippen molar-refractivity contribution >= 4 is 5.91 Å². The summed E-state index contributed by atoms with van der Waals surface area (Å²) in [5.41, 5.74) is 0. The molecule has 0 saturated carbocycles. The van der Waals surface area contributed by atoms with Crippen molar-refractivity contribution in [2.75, 3.05) is 6.61 Å². The van der Waals surface area contributed by atoms with Crippen LogP contribution in [0.3, 0.4) is 0 Å². The molecular weight excluding hydrogens is 206 g/mol. The smallest absolute Gasteiger partial charge is 0.249 e. The van der Waals surface area contributed by atoms with Gasteiger partial charge in [0.15, 0.2) is 0 Å². The first-order valence-electron chi connectivity index (χ1n) is 5.63. The van der Waals surface area contributed by atoms with E-state index in [-0.39, 0.29) is 18.1 Å². The molecule has 1 aromatic heterocycles. The van der Waals surface area contributed by atoms with Gasteiger partial charge in [0.05, 0.1) is 6.33 Å². The van der Waals surface area contributed by atoms with Crippen LogP contribution in [-0.4, -0.2) is 34.2 Å². The van der Waals surface area contributed by atoms with Crippen LogP contribution in [0, 0.1) is 0 Å². The van der Waals surface area contributed by atoms with Gasteiger partial charge in [0.1, 0.15) is 6.10 Å². The van der Waals surface area contributed by atoms with E-state index < -0.39 is 0 Å². The number of hydrogen-bond acceptors (Lipinski definition) is 3. The van der Waals surface area contributed by atoms with E-state index in [1.54, 1.807) is 12.5 Å². The third-order valence-electron chi connectivity index (χ3n) is 2.65. The summed E-state index contributed by atoms with van der Waals surface area (Å²) in [7, 11) is 0. The van der Waals surface area contributed by atoms with Crippen LogP contribution >= 0.6 is 0 Å². The van der Waals surface area contributed by atoms with E-state index in [9.17, 15) is 4.79 Å². The fourth-order valence-electron chi connectivity index (χ4n) is 1.88. The van der Waals surface area contributed by atoms with E-state index in [1.165, 1.54) is 0 Å². The molecule has 0 aliphatic carbocycles. The SMILES string of the molecule is C[C@H](Cn1ccnc1)NC(=O)[C@H]1CCCO1. The maximum absolute atomic E-state index is 11.7. The zero-order valence-electron chi connectivity index (χ0n) is 9.43. The Kier molecular flexibility index (Phi) is 3.56. The number of amides is 1. The number of aromatic nitrogens is 2. The summed E-state index contributed by atoms with van der Waals surface area (Å²) in [6.07, 6.45) is 6.93. The van der Waals surface area contributed by atoms with Gasteiger partial charge in [-0.15, -0.1) is 0 Å². The summed E-state index contributed by atoms with van der Waals surface area (Å²) in [6.45, 7) is 3.42. The average Bonchev–Trinajstić information content (AvgIpc) is 2.88. The molecule has 2 heterocycles. The zero-order chi connectivity index (χ0) is 11.4. The second kappa shape index (κ2) is 5.12. The van der Waals surface area contributed by atoms with Crippen molar-refractivity contribution < 1.29 is 9.53 Å². The summed E-state index contributed by atoms with van der Waals surface area (Å²) < 4.78 is 7.26. The predicted molar refractivity (Wildman–Crippen MR) is 58.8 cm³/mol. The van der Waals surface area contributed by atoms with E-state index in [4.69, 9.17) is 4.74 Å². The first-order valence-corrected chi connectivity index (χ1v) is 5.63. The highest BCUT2D eigenvalue weighted by atomic mass is 16.5. The Hall–Kier alpha value is -1.36. The number of carbonyl (C=O) groups is 1. The molecule has 1 fully saturated rings. The van der Waals surface area contributed by atoms with Crippen LogP contribution in [0.4, 0.5) is 0 Å². The minimum Gasteiger partial charge on any atom is -0.368 e. The Balaban J connectivity index is 1.78. The normalized spacial score (nSPS) is 21.9. The van der Waals surface area contributed by atoms with Gasteiger partial charge in [0.2, 0.25) is 5.91 Å². The van der Waals surface area contributed by atoms with Crippen LogP contribution < -0.4 is 5.32 Å². The summed E-state index contributed by atoms with van der Waals surface area (Å²) in [5, 5.41) is 2.95. The first kappa shape index (κ1) is 11.1. The molecule has 1 N–H and O–H groups in total. The van der Waals surface area contributed by atoms with Gasteiger partial charge in [-0.3, -0.25) is 4.79 Å². The van der Waals surface area contributed by atoms with E-state index in [2.05, 4.69) is 10.3 Å². The number of carbonyl (C=O) groups excluding carboxylic acids is 1. The van der Waals surface area contributed by atoms with Gasteiger partial charge in [-0.05, 0) is 19.8 Å². The van der Waals surface area contributed by atoms with Crippen LogP contribution in [0.15, 0.2) is 18.7 Å². The lowest BCUT2D eigenvalue weighted by atomic mass is 10.2. The molecule has 2 atom stereocenters. The lowest BCUT2D eigenvalue weighted by Crippen LogP contribution is -2.41. The highest BCUT2D eigenvalue weighted by molar-refractivity contribution is 5.81. The molecule has 0 spiro atoms. The van der Waals surface area contributed by atoms with E-state index >= 15 is 0 Å². The molecule has 1 aliphatic rings. The van der Waals surface area contributed by atoms with Crippen LogP contribution in [0.25, 0.3) is 0 Å². The number of nitrogens with one attached hydrogen (secondary N) is 1. The topological polar surface area (TPSA) is 56.2 Å². The van der Waals surface area contributed by atoms with Crippen molar-refractivity contribution in [1.29, 1.82) is 0 Å². The molecule has 88 valence electrons. The molecule has 0 unspecified atom stereocenters. The maximum atomic E-state index is 11.7. The van der Waals surface area contributed by atoms with Crippen LogP contribution in [-0.2, 0) is 16.1 Å². The molecule has 0 aromatic carbocycles. The van der Waals surface area contributed by atoms with E-state index in [0.29, 0.717) is 6.61 Å². The van der Waals surface area contributed by atoms with Gasteiger partial charge in [-0.2, -0.15) is 0 Å². The van der Waals surface area contributed by atoms with Crippen molar-refractivity contribution in [3.05, 3.63) is 18.7 Å². The Morgan fingerprint density at radius 3 is 3.25 bits per heavy atom. The lowest BCUT2D eigenvalue weighted by Gasteiger charge is -2.17. The second-order valence-electron chi connectivity index (χ2n) is 4.17. The number of hydrogen-bond donors (Lipinski definition) is 1. The predicted octanol–water partition coefficient (Wildman–Crippen LogP) is 0.567. The molecule has 5 heteroatoms. The Bertz CT molecular complexity index is 331. The van der Waals surface area contributed by atoms with Crippen molar-refractivity contribution in [2.24, 2.45) is 0 Å². The average molecular weight is 223 g/mol. The largest absolute Gasteiger partial charge is 0.368 e. The highest BCUT2D eigenvalue weighted by Crippen LogP contribution is 2.11. The van der Waals surface area contributed by atoms with Gasteiger partial charge < -0.3 is 14.6 Å². The third kappa shape index (κ3) is 2.82. The maximum Gasteiger partial charge on any atom is 0.249 e.